The summed E-state index contributed by atoms with van der Waals surface area (Å²) in [6.45, 7) is 1.81. The van der Waals surface area contributed by atoms with E-state index in [9.17, 15) is 4.79 Å². The lowest BCUT2D eigenvalue weighted by Crippen LogP contribution is -1.98. The minimum absolute atomic E-state index is 0.0651. The Kier molecular flexibility index (Phi) is 3.08. The van der Waals surface area contributed by atoms with Crippen LogP contribution in [-0.4, -0.2) is 10.9 Å². The van der Waals surface area contributed by atoms with Gasteiger partial charge in [0.05, 0.1) is 0 Å². The van der Waals surface area contributed by atoms with Gasteiger partial charge in [0.2, 0.25) is 0 Å². The van der Waals surface area contributed by atoms with Crippen LogP contribution in [0.15, 0.2) is 18.2 Å². The van der Waals surface area contributed by atoms with Crippen LogP contribution in [0.4, 0.5) is 0 Å². The molecule has 1 rings (SSSR count). The first-order valence-corrected chi connectivity index (χ1v) is 4.74. The van der Waals surface area contributed by atoms with Crippen LogP contribution in [0.3, 0.4) is 0 Å². The smallest absolute Gasteiger partial charge is 0.163 e. The molecule has 0 radical (unpaired) electrons. The molecule has 2 nitrogen and oxygen atoms in total. The van der Waals surface area contributed by atoms with Crippen molar-refractivity contribution in [2.45, 2.75) is 13.3 Å². The van der Waals surface area contributed by atoms with Crippen LogP contribution in [0.25, 0.3) is 0 Å². The number of halogens is 1. The predicted molar refractivity (Wildman–Crippen MR) is 55.4 cm³/mol. The van der Waals surface area contributed by atoms with E-state index in [1.165, 1.54) is 6.07 Å². The summed E-state index contributed by atoms with van der Waals surface area (Å²) in [5.41, 5.74) is 0.609. The van der Waals surface area contributed by atoms with Crippen LogP contribution in [0, 0.1) is 3.57 Å². The third kappa shape index (κ3) is 1.97. The summed E-state index contributed by atoms with van der Waals surface area (Å²) >= 11 is 2.08. The maximum Gasteiger partial charge on any atom is 0.163 e. The van der Waals surface area contributed by atoms with Gasteiger partial charge in [-0.1, -0.05) is 6.92 Å². The number of benzene rings is 1. The molecule has 0 saturated carbocycles. The highest BCUT2D eigenvalue weighted by Crippen LogP contribution is 2.19. The Labute approximate surface area is 84.7 Å². The van der Waals surface area contributed by atoms with Crippen molar-refractivity contribution < 1.29 is 9.90 Å². The third-order valence-corrected chi connectivity index (χ3v) is 2.51. The first-order chi connectivity index (χ1) is 5.65. The molecule has 0 saturated heterocycles. The number of ketones is 1. The van der Waals surface area contributed by atoms with Gasteiger partial charge >= 0.3 is 0 Å². The fourth-order valence-corrected chi connectivity index (χ4v) is 1.55. The number of carbonyl (C=O) groups excluding carboxylic acids is 1. The molecule has 1 N–H and O–H groups in total. The van der Waals surface area contributed by atoms with Gasteiger partial charge in [0.15, 0.2) is 5.78 Å². The Balaban J connectivity index is 3.13. The van der Waals surface area contributed by atoms with Crippen molar-refractivity contribution in [3.8, 4) is 5.75 Å². The summed E-state index contributed by atoms with van der Waals surface area (Å²) in [6, 6.07) is 4.82. The molecule has 1 aromatic carbocycles. The van der Waals surface area contributed by atoms with Crippen LogP contribution < -0.4 is 0 Å². The van der Waals surface area contributed by atoms with Gasteiger partial charge in [0.25, 0.3) is 0 Å². The Morgan fingerprint density at radius 2 is 2.25 bits per heavy atom. The summed E-state index contributed by atoms with van der Waals surface area (Å²) in [6.07, 6.45) is 0.472. The molecule has 0 atom stereocenters. The molecule has 0 aliphatic heterocycles. The summed E-state index contributed by atoms with van der Waals surface area (Å²) in [4.78, 5) is 11.3. The molecule has 3 heteroatoms. The van der Waals surface area contributed by atoms with Crippen molar-refractivity contribution >= 4 is 28.4 Å². The number of carbonyl (C=O) groups is 1. The van der Waals surface area contributed by atoms with Gasteiger partial charge in [-0.2, -0.15) is 0 Å². The lowest BCUT2D eigenvalue weighted by molar-refractivity contribution is 0.0987. The summed E-state index contributed by atoms with van der Waals surface area (Å²) in [7, 11) is 0. The summed E-state index contributed by atoms with van der Waals surface area (Å²) < 4.78 is 0.886. The Morgan fingerprint density at radius 3 is 2.83 bits per heavy atom. The SMILES string of the molecule is CCC(=O)c1cc(O)ccc1I. The summed E-state index contributed by atoms with van der Waals surface area (Å²) in [5.74, 6) is 0.211. The van der Waals surface area contributed by atoms with E-state index in [1.54, 1.807) is 12.1 Å². The van der Waals surface area contributed by atoms with E-state index in [4.69, 9.17) is 5.11 Å². The zero-order valence-corrected chi connectivity index (χ0v) is 8.83. The van der Waals surface area contributed by atoms with E-state index in [1.807, 2.05) is 6.92 Å². The highest BCUT2D eigenvalue weighted by molar-refractivity contribution is 14.1. The second-order valence-electron chi connectivity index (χ2n) is 2.44. The molecule has 0 heterocycles. The first kappa shape index (κ1) is 9.51. The monoisotopic (exact) mass is 276 g/mol. The van der Waals surface area contributed by atoms with Gasteiger partial charge in [-0.3, -0.25) is 4.79 Å². The van der Waals surface area contributed by atoms with Crippen LogP contribution in [-0.2, 0) is 0 Å². The minimum atomic E-state index is 0.0651. The number of aromatic hydroxyl groups is 1. The van der Waals surface area contributed by atoms with Crippen molar-refractivity contribution in [3.05, 3.63) is 27.3 Å². The number of rotatable bonds is 2. The van der Waals surface area contributed by atoms with Gasteiger partial charge in [-0.05, 0) is 40.8 Å². The molecule has 1 aromatic rings. The van der Waals surface area contributed by atoms with Crippen molar-refractivity contribution in [2.75, 3.05) is 0 Å². The molecule has 0 unspecified atom stereocenters. The molecule has 64 valence electrons. The Hall–Kier alpha value is -0.580. The largest absolute Gasteiger partial charge is 0.508 e. The fraction of sp³-hybridized carbons (Fsp3) is 0.222. The van der Waals surface area contributed by atoms with E-state index in [0.29, 0.717) is 12.0 Å². The van der Waals surface area contributed by atoms with Gasteiger partial charge in [-0.25, -0.2) is 0 Å². The zero-order chi connectivity index (χ0) is 9.14. The first-order valence-electron chi connectivity index (χ1n) is 3.67. The lowest BCUT2D eigenvalue weighted by atomic mass is 10.1. The predicted octanol–water partition coefficient (Wildman–Crippen LogP) is 2.59. The number of hydrogen-bond acceptors (Lipinski definition) is 2. The topological polar surface area (TPSA) is 37.3 Å². The average Bonchev–Trinajstić information content (AvgIpc) is 2.08. The number of phenolic OH excluding ortho intramolecular Hbond substituents is 1. The second-order valence-corrected chi connectivity index (χ2v) is 3.60. The number of phenols is 1. The van der Waals surface area contributed by atoms with Crippen molar-refractivity contribution in [2.24, 2.45) is 0 Å². The quantitative estimate of drug-likeness (QED) is 0.666. The maximum absolute atomic E-state index is 11.3. The van der Waals surface area contributed by atoms with E-state index >= 15 is 0 Å². The van der Waals surface area contributed by atoms with Crippen molar-refractivity contribution in [1.29, 1.82) is 0 Å². The molecule has 12 heavy (non-hydrogen) atoms. The summed E-state index contributed by atoms with van der Waals surface area (Å²) in [5, 5.41) is 9.13. The van der Waals surface area contributed by atoms with Gasteiger partial charge in [0.1, 0.15) is 5.75 Å². The molecule has 0 bridgehead atoms. The van der Waals surface area contributed by atoms with Gasteiger partial charge in [-0.15, -0.1) is 0 Å². The van der Waals surface area contributed by atoms with E-state index in [0.717, 1.165) is 3.57 Å². The van der Waals surface area contributed by atoms with Crippen LogP contribution in [0.1, 0.15) is 23.7 Å². The second kappa shape index (κ2) is 3.89. The third-order valence-electron chi connectivity index (χ3n) is 1.57. The number of hydrogen-bond donors (Lipinski definition) is 1. The highest BCUT2D eigenvalue weighted by Gasteiger charge is 2.07. The van der Waals surface area contributed by atoms with Gasteiger partial charge < -0.3 is 5.11 Å². The van der Waals surface area contributed by atoms with Crippen molar-refractivity contribution in [1.82, 2.24) is 0 Å². The van der Waals surface area contributed by atoms with Crippen molar-refractivity contribution in [3.63, 3.8) is 0 Å². The van der Waals surface area contributed by atoms with Crippen LogP contribution >= 0.6 is 22.6 Å². The molecule has 0 fully saturated rings. The van der Waals surface area contributed by atoms with Gasteiger partial charge in [0, 0.05) is 15.6 Å². The molecular weight excluding hydrogens is 267 g/mol. The molecule has 0 aliphatic carbocycles. The molecule has 0 aromatic heterocycles. The normalized spacial score (nSPS) is 9.83. The number of Topliss-reactive ketones (excluding diaryl/α,β-unsaturated/α-hetero) is 1. The molecular formula is C9H9IO2. The molecule has 0 amide bonds. The van der Waals surface area contributed by atoms with Crippen LogP contribution in [0.2, 0.25) is 0 Å². The molecule has 0 aliphatic rings. The Bertz CT molecular complexity index is 307. The van der Waals surface area contributed by atoms with E-state index in [2.05, 4.69) is 22.6 Å². The lowest BCUT2D eigenvalue weighted by Gasteiger charge is -2.01. The zero-order valence-electron chi connectivity index (χ0n) is 6.67. The standard InChI is InChI=1S/C9H9IO2/c1-2-9(12)7-5-6(11)3-4-8(7)10/h3-5,11H,2H2,1H3. The minimum Gasteiger partial charge on any atom is -0.508 e. The van der Waals surface area contributed by atoms with Crippen LogP contribution in [0.5, 0.6) is 5.75 Å². The average molecular weight is 276 g/mol. The molecule has 0 spiro atoms. The van der Waals surface area contributed by atoms with E-state index in [-0.39, 0.29) is 11.5 Å². The fourth-order valence-electron chi connectivity index (χ4n) is 0.917. The maximum atomic E-state index is 11.3. The highest BCUT2D eigenvalue weighted by atomic mass is 127. The van der Waals surface area contributed by atoms with E-state index < -0.39 is 0 Å². The Morgan fingerprint density at radius 1 is 1.58 bits per heavy atom.